The number of benzene rings is 1. The van der Waals surface area contributed by atoms with Crippen LogP contribution in [0.25, 0.3) is 33.4 Å². The molecule has 3 aliphatic rings. The van der Waals surface area contributed by atoms with Crippen molar-refractivity contribution in [2.75, 3.05) is 40.4 Å². The van der Waals surface area contributed by atoms with E-state index in [1.807, 2.05) is 32.2 Å². The van der Waals surface area contributed by atoms with Gasteiger partial charge in [-0.3, -0.25) is 29.2 Å². The van der Waals surface area contributed by atoms with Crippen LogP contribution in [0.5, 0.6) is 0 Å². The van der Waals surface area contributed by atoms with Crippen LogP contribution in [0.2, 0.25) is 0 Å². The molecule has 0 aliphatic carbocycles. The van der Waals surface area contributed by atoms with E-state index in [0.717, 1.165) is 51.2 Å². The number of hydrazine groups is 1. The first-order chi connectivity index (χ1) is 28.7. The highest BCUT2D eigenvalue weighted by Crippen LogP contribution is 2.42. The van der Waals surface area contributed by atoms with Gasteiger partial charge in [-0.1, -0.05) is 33.8 Å². The van der Waals surface area contributed by atoms with Crippen LogP contribution in [0.15, 0.2) is 41.9 Å². The molecule has 1 aromatic carbocycles. The van der Waals surface area contributed by atoms with Crippen LogP contribution in [0.3, 0.4) is 0 Å². The van der Waals surface area contributed by atoms with E-state index in [2.05, 4.69) is 65.7 Å². The zero-order valence-corrected chi connectivity index (χ0v) is 37.0. The average molecular weight is 841 g/mol. The molecule has 15 heteroatoms. The molecule has 3 aromatic heterocycles. The molecule has 60 heavy (non-hydrogen) atoms. The zero-order chi connectivity index (χ0) is 42.9. The number of cyclic esters (lactones) is 1. The molecule has 4 aromatic rings. The lowest BCUT2D eigenvalue weighted by Gasteiger charge is -2.36. The third kappa shape index (κ3) is 8.86. The van der Waals surface area contributed by atoms with Crippen molar-refractivity contribution in [1.82, 2.24) is 40.5 Å². The summed E-state index contributed by atoms with van der Waals surface area (Å²) in [4.78, 5) is 67.5. The van der Waals surface area contributed by atoms with E-state index in [9.17, 15) is 19.2 Å². The molecular weight excluding hydrogens is 781 g/mol. The van der Waals surface area contributed by atoms with Crippen LogP contribution >= 0.6 is 11.3 Å². The number of likely N-dealkylation sites (N-methyl/N-ethyl adjacent to an activating group) is 1. The van der Waals surface area contributed by atoms with Gasteiger partial charge >= 0.3 is 5.97 Å². The van der Waals surface area contributed by atoms with Gasteiger partial charge in [-0.2, -0.15) is 0 Å². The fourth-order valence-electron chi connectivity index (χ4n) is 9.04. The van der Waals surface area contributed by atoms with Crippen LogP contribution in [0, 0.1) is 17.3 Å². The number of nitrogens with zero attached hydrogens (tertiary/aromatic N) is 5. The molecule has 6 heterocycles. The van der Waals surface area contributed by atoms with Crippen molar-refractivity contribution < 1.29 is 28.7 Å². The van der Waals surface area contributed by atoms with Crippen molar-refractivity contribution in [3.63, 3.8) is 0 Å². The molecule has 0 unspecified atom stereocenters. The Labute approximate surface area is 356 Å². The van der Waals surface area contributed by atoms with E-state index in [4.69, 9.17) is 19.4 Å². The van der Waals surface area contributed by atoms with Crippen molar-refractivity contribution in [1.29, 1.82) is 0 Å². The maximum Gasteiger partial charge on any atom is 0.324 e. The number of methoxy groups -OCH3 is 1. The van der Waals surface area contributed by atoms with Crippen molar-refractivity contribution in [2.45, 2.75) is 104 Å². The minimum Gasteiger partial charge on any atom is -0.464 e. The van der Waals surface area contributed by atoms with Gasteiger partial charge in [0.25, 0.3) is 5.91 Å². The first-order valence-corrected chi connectivity index (χ1v) is 22.2. The quantitative estimate of drug-likeness (QED) is 0.189. The van der Waals surface area contributed by atoms with Gasteiger partial charge in [0.1, 0.15) is 18.1 Å². The molecule has 0 radical (unpaired) electrons. The highest BCUT2D eigenvalue weighted by atomic mass is 32.1. The number of amides is 3. The van der Waals surface area contributed by atoms with E-state index < -0.39 is 35.4 Å². The maximum absolute atomic E-state index is 14.5. The predicted octanol–water partition coefficient (Wildman–Crippen LogP) is 5.30. The van der Waals surface area contributed by atoms with Gasteiger partial charge in [0.15, 0.2) is 0 Å². The second kappa shape index (κ2) is 18.1. The summed E-state index contributed by atoms with van der Waals surface area (Å²) >= 11 is 1.43. The van der Waals surface area contributed by atoms with E-state index in [1.54, 1.807) is 20.4 Å². The molecular formula is C45H60N8O6S. The monoisotopic (exact) mass is 840 g/mol. The molecule has 6 bridgehead atoms. The number of hydrogen-bond donors (Lipinski definition) is 3. The number of aromatic nitrogens is 3. The lowest BCUT2D eigenvalue weighted by molar-refractivity contribution is -0.155. The standard InChI is InChI=1S/C45H60N8O6S/c1-9-52-36-15-14-28-20-31(36)32(40(52)30-12-10-17-47-38(30)27(4)58-8)22-45(5,6)25-59-44(57)33-13-11-19-53(50-33)43(56)34(21-37-48-35(28)24-60-37)49-41(54)39(26(2)3)51(7)42(55)29-16-18-46-23-29/h10,12,14-15,17,20,24,26-27,29,33-34,39,46,50H,9,11,13,16,18-19,21-23,25H2,1-8H3,(H,49,54)/t27-,29+,33-,34-,39-/m0/s1. The van der Waals surface area contributed by atoms with E-state index in [-0.39, 0.29) is 42.8 Å². The van der Waals surface area contributed by atoms with Crippen LogP contribution < -0.4 is 16.1 Å². The number of pyridine rings is 1. The number of aryl methyl sites for hydroxylation is 1. The summed E-state index contributed by atoms with van der Waals surface area (Å²) in [5.41, 5.74) is 9.41. The van der Waals surface area contributed by atoms with E-state index in [1.165, 1.54) is 21.2 Å². The average Bonchev–Trinajstić information content (AvgIpc) is 4.01. The van der Waals surface area contributed by atoms with Gasteiger partial charge in [0.2, 0.25) is 11.8 Å². The number of rotatable bonds is 9. The number of carbonyl (C=O) groups excluding carboxylic acids is 4. The van der Waals surface area contributed by atoms with Gasteiger partial charge in [0, 0.05) is 79.2 Å². The summed E-state index contributed by atoms with van der Waals surface area (Å²) < 4.78 is 14.2. The number of nitrogens with one attached hydrogen (secondary N) is 3. The molecule has 3 aliphatic heterocycles. The van der Waals surface area contributed by atoms with Gasteiger partial charge in [-0.05, 0) is 81.8 Å². The first kappa shape index (κ1) is 43.4. The van der Waals surface area contributed by atoms with Crippen LogP contribution in [0.1, 0.15) is 83.2 Å². The second-order valence-corrected chi connectivity index (χ2v) is 18.5. The lowest BCUT2D eigenvalue weighted by Crippen LogP contribution is -2.62. The second-order valence-electron chi connectivity index (χ2n) is 17.6. The Balaban J connectivity index is 1.30. The molecule has 3 N–H and O–H groups in total. The Morgan fingerprint density at radius 1 is 1.17 bits per heavy atom. The van der Waals surface area contributed by atoms with Gasteiger partial charge in [0.05, 0.1) is 40.7 Å². The SMILES string of the molecule is CCn1c(-c2cccnc2[C@H](C)OC)c2c3cc(ccc31)-c1csc(n1)C[C@H](NC(=O)[C@H](C(C)C)N(C)C(=O)[C@@H]1CCNC1)C(=O)N1CCC[C@H](N1)C(=O)OCC(C)(C)C2. The summed E-state index contributed by atoms with van der Waals surface area (Å²) in [6.45, 7) is 14.7. The Bertz CT molecular complexity index is 2230. The molecule has 0 spiro atoms. The van der Waals surface area contributed by atoms with Crippen molar-refractivity contribution >= 4 is 45.9 Å². The first-order valence-electron chi connectivity index (χ1n) is 21.3. The molecule has 3 amide bonds. The number of ether oxygens (including phenoxy) is 2. The van der Waals surface area contributed by atoms with Gasteiger partial charge < -0.3 is 29.6 Å². The van der Waals surface area contributed by atoms with Crippen molar-refractivity contribution in [2.24, 2.45) is 17.3 Å². The molecule has 14 nitrogen and oxygen atoms in total. The number of esters is 1. The van der Waals surface area contributed by atoms with Gasteiger partial charge in [-0.15, -0.1) is 11.3 Å². The minimum absolute atomic E-state index is 0.0939. The normalized spacial score (nSPS) is 22.0. The summed E-state index contributed by atoms with van der Waals surface area (Å²) in [6.07, 6.45) is 4.04. The molecule has 2 saturated heterocycles. The fraction of sp³-hybridized carbons (Fsp3) is 0.556. The third-order valence-corrected chi connectivity index (χ3v) is 13.1. The maximum atomic E-state index is 14.5. The van der Waals surface area contributed by atoms with Gasteiger partial charge in [-0.25, -0.2) is 10.4 Å². The van der Waals surface area contributed by atoms with E-state index >= 15 is 0 Å². The summed E-state index contributed by atoms with van der Waals surface area (Å²) in [6, 6.07) is 7.89. The fourth-order valence-corrected chi connectivity index (χ4v) is 9.89. The molecule has 2 fully saturated rings. The number of hydrogen-bond acceptors (Lipinski definition) is 11. The highest BCUT2D eigenvalue weighted by molar-refractivity contribution is 7.10. The number of thiazole rings is 1. The topological polar surface area (TPSA) is 160 Å². The van der Waals surface area contributed by atoms with Crippen molar-refractivity contribution in [3.8, 4) is 22.5 Å². The Kier molecular flexibility index (Phi) is 13.1. The Morgan fingerprint density at radius 3 is 2.68 bits per heavy atom. The minimum atomic E-state index is -1.02. The van der Waals surface area contributed by atoms with Crippen LogP contribution in [0.4, 0.5) is 0 Å². The van der Waals surface area contributed by atoms with Crippen LogP contribution in [-0.2, 0) is 48.0 Å². The highest BCUT2D eigenvalue weighted by Gasteiger charge is 2.39. The van der Waals surface area contributed by atoms with Crippen molar-refractivity contribution in [3.05, 3.63) is 58.2 Å². The lowest BCUT2D eigenvalue weighted by atomic mass is 9.84. The van der Waals surface area contributed by atoms with E-state index in [0.29, 0.717) is 50.3 Å². The molecule has 322 valence electrons. The summed E-state index contributed by atoms with van der Waals surface area (Å²) in [7, 11) is 3.36. The third-order valence-electron chi connectivity index (χ3n) is 12.2. The summed E-state index contributed by atoms with van der Waals surface area (Å²) in [5.74, 6) is -1.75. The predicted molar refractivity (Wildman–Crippen MR) is 232 cm³/mol. The summed E-state index contributed by atoms with van der Waals surface area (Å²) in [5, 5.41) is 11.5. The molecule has 0 saturated carbocycles. The van der Waals surface area contributed by atoms with Crippen LogP contribution in [-0.4, -0.2) is 107 Å². The Morgan fingerprint density at radius 2 is 1.97 bits per heavy atom. The molecule has 5 atom stereocenters. The number of fused-ring (bicyclic) bond motifs is 6. The smallest absolute Gasteiger partial charge is 0.324 e. The largest absolute Gasteiger partial charge is 0.464 e. The number of carbonyl (C=O) groups is 4. The zero-order valence-electron chi connectivity index (χ0n) is 36.2. The Hall–Kier alpha value is -4.70. The molecule has 7 rings (SSSR count).